The van der Waals surface area contributed by atoms with Gasteiger partial charge in [-0.05, 0) is 19.4 Å². The van der Waals surface area contributed by atoms with Crippen molar-refractivity contribution in [1.29, 1.82) is 0 Å². The Morgan fingerprint density at radius 3 is 2.53 bits per heavy atom. The smallest absolute Gasteiger partial charge is 0.243 e. The molecule has 1 aromatic heterocycles. The van der Waals surface area contributed by atoms with Gasteiger partial charge in [-0.2, -0.15) is 0 Å². The zero-order valence-corrected chi connectivity index (χ0v) is 12.5. The number of nitrogens with one attached hydrogen (secondary N) is 1. The molecule has 2 N–H and O–H groups in total. The van der Waals surface area contributed by atoms with Crippen molar-refractivity contribution >= 4 is 44.6 Å². The summed E-state index contributed by atoms with van der Waals surface area (Å²) in [6.45, 7) is 3.25. The summed E-state index contributed by atoms with van der Waals surface area (Å²) in [5.41, 5.74) is -1.08. The molecule has 17 heavy (non-hydrogen) atoms. The van der Waals surface area contributed by atoms with E-state index in [2.05, 4.69) is 4.72 Å². The van der Waals surface area contributed by atoms with E-state index in [0.29, 0.717) is 10.8 Å². The van der Waals surface area contributed by atoms with Gasteiger partial charge in [0.25, 0.3) is 0 Å². The van der Waals surface area contributed by atoms with E-state index in [1.807, 2.05) is 0 Å². The molecule has 0 aromatic carbocycles. The molecule has 0 aliphatic carbocycles. The standard InChI is InChI=1S/C9H13Cl2NO3S2/c1-3-9(2,13)5-12-17(14,15)6-4-7(10)16-8(6)11/h4,12-13H,3,5H2,1-2H3. The van der Waals surface area contributed by atoms with E-state index >= 15 is 0 Å². The molecule has 1 aromatic rings. The lowest BCUT2D eigenvalue weighted by molar-refractivity contribution is 0.0613. The average molecular weight is 318 g/mol. The van der Waals surface area contributed by atoms with Crippen LogP contribution >= 0.6 is 34.5 Å². The second kappa shape index (κ2) is 5.42. The van der Waals surface area contributed by atoms with Gasteiger partial charge in [-0.25, -0.2) is 13.1 Å². The lowest BCUT2D eigenvalue weighted by Crippen LogP contribution is -2.39. The number of thiophene rings is 1. The first-order valence-electron chi connectivity index (χ1n) is 4.85. The van der Waals surface area contributed by atoms with Gasteiger partial charge >= 0.3 is 0 Å². The van der Waals surface area contributed by atoms with E-state index in [0.717, 1.165) is 11.3 Å². The molecule has 0 aliphatic heterocycles. The Morgan fingerprint density at radius 2 is 2.12 bits per heavy atom. The van der Waals surface area contributed by atoms with E-state index in [1.165, 1.54) is 6.07 Å². The van der Waals surface area contributed by atoms with Gasteiger partial charge in [-0.3, -0.25) is 0 Å². The van der Waals surface area contributed by atoms with Crippen molar-refractivity contribution in [2.75, 3.05) is 6.54 Å². The molecule has 0 bridgehead atoms. The third-order valence-electron chi connectivity index (χ3n) is 2.32. The average Bonchev–Trinajstić information content (AvgIpc) is 2.56. The quantitative estimate of drug-likeness (QED) is 0.876. The molecular formula is C9H13Cl2NO3S2. The third-order valence-corrected chi connectivity index (χ3v) is 5.47. The summed E-state index contributed by atoms with van der Waals surface area (Å²) in [7, 11) is -3.73. The molecule has 98 valence electrons. The Labute approximate surface area is 115 Å². The minimum Gasteiger partial charge on any atom is -0.389 e. The van der Waals surface area contributed by atoms with Crippen LogP contribution in [0.5, 0.6) is 0 Å². The van der Waals surface area contributed by atoms with Crippen molar-refractivity contribution in [1.82, 2.24) is 4.72 Å². The van der Waals surface area contributed by atoms with Crippen LogP contribution in [0.1, 0.15) is 20.3 Å². The molecule has 0 aliphatic rings. The SMILES string of the molecule is CCC(C)(O)CNS(=O)(=O)c1cc(Cl)sc1Cl. The maximum atomic E-state index is 11.9. The van der Waals surface area contributed by atoms with E-state index < -0.39 is 15.6 Å². The number of rotatable bonds is 5. The minimum absolute atomic E-state index is 0.0546. The normalized spacial score (nSPS) is 15.8. The molecule has 4 nitrogen and oxygen atoms in total. The Morgan fingerprint density at radius 1 is 1.53 bits per heavy atom. The van der Waals surface area contributed by atoms with Crippen LogP contribution in [0.3, 0.4) is 0 Å². The Bertz CT molecular complexity index is 496. The van der Waals surface area contributed by atoms with Crippen molar-refractivity contribution in [2.24, 2.45) is 0 Å². The second-order valence-corrected chi connectivity index (χ2v) is 7.88. The van der Waals surface area contributed by atoms with Crippen molar-refractivity contribution in [3.05, 3.63) is 14.7 Å². The Balaban J connectivity index is 2.87. The van der Waals surface area contributed by atoms with Crippen LogP contribution in [0, 0.1) is 0 Å². The van der Waals surface area contributed by atoms with Crippen LogP contribution < -0.4 is 4.72 Å². The van der Waals surface area contributed by atoms with Crippen LogP contribution in [-0.2, 0) is 10.0 Å². The predicted octanol–water partition coefficient (Wildman–Crippen LogP) is 2.49. The fourth-order valence-electron chi connectivity index (χ4n) is 0.962. The zero-order valence-electron chi connectivity index (χ0n) is 9.33. The lowest BCUT2D eigenvalue weighted by atomic mass is 10.1. The highest BCUT2D eigenvalue weighted by Gasteiger charge is 2.25. The maximum Gasteiger partial charge on any atom is 0.243 e. The van der Waals surface area contributed by atoms with Gasteiger partial charge < -0.3 is 5.11 Å². The number of hydrogen-bond donors (Lipinski definition) is 2. The van der Waals surface area contributed by atoms with E-state index in [9.17, 15) is 13.5 Å². The van der Waals surface area contributed by atoms with Crippen molar-refractivity contribution in [3.8, 4) is 0 Å². The highest BCUT2D eigenvalue weighted by Crippen LogP contribution is 2.34. The molecule has 1 rings (SSSR count). The van der Waals surface area contributed by atoms with Crippen molar-refractivity contribution in [2.45, 2.75) is 30.8 Å². The van der Waals surface area contributed by atoms with Crippen LogP contribution in [0.4, 0.5) is 0 Å². The molecule has 0 radical (unpaired) electrons. The maximum absolute atomic E-state index is 11.9. The van der Waals surface area contributed by atoms with Gasteiger partial charge in [-0.1, -0.05) is 30.1 Å². The number of sulfonamides is 1. The van der Waals surface area contributed by atoms with Gasteiger partial charge in [0.2, 0.25) is 10.0 Å². The van der Waals surface area contributed by atoms with Gasteiger partial charge in [0.1, 0.15) is 9.23 Å². The first-order valence-corrected chi connectivity index (χ1v) is 7.90. The van der Waals surface area contributed by atoms with E-state index in [-0.39, 0.29) is 15.8 Å². The summed E-state index contributed by atoms with van der Waals surface area (Å²) in [5, 5.41) is 9.72. The topological polar surface area (TPSA) is 66.4 Å². The molecule has 1 heterocycles. The molecule has 0 fully saturated rings. The molecule has 1 unspecified atom stereocenters. The summed E-state index contributed by atoms with van der Waals surface area (Å²) in [6, 6.07) is 1.29. The summed E-state index contributed by atoms with van der Waals surface area (Å²) in [5.74, 6) is 0. The van der Waals surface area contributed by atoms with Crippen molar-refractivity contribution < 1.29 is 13.5 Å². The van der Waals surface area contributed by atoms with Gasteiger partial charge in [0, 0.05) is 6.54 Å². The van der Waals surface area contributed by atoms with Crippen molar-refractivity contribution in [3.63, 3.8) is 0 Å². The molecule has 0 saturated carbocycles. The molecular weight excluding hydrogens is 305 g/mol. The monoisotopic (exact) mass is 317 g/mol. The second-order valence-electron chi connectivity index (χ2n) is 3.86. The molecule has 0 amide bonds. The molecule has 1 atom stereocenters. The largest absolute Gasteiger partial charge is 0.389 e. The third kappa shape index (κ3) is 4.08. The zero-order chi connectivity index (χ0) is 13.3. The van der Waals surface area contributed by atoms with Gasteiger partial charge in [0.15, 0.2) is 0 Å². The Kier molecular flexibility index (Phi) is 4.85. The highest BCUT2D eigenvalue weighted by atomic mass is 35.5. The molecule has 0 saturated heterocycles. The van der Waals surface area contributed by atoms with Gasteiger partial charge in [0.05, 0.1) is 9.94 Å². The lowest BCUT2D eigenvalue weighted by Gasteiger charge is -2.21. The van der Waals surface area contributed by atoms with Gasteiger partial charge in [-0.15, -0.1) is 11.3 Å². The van der Waals surface area contributed by atoms with E-state index in [1.54, 1.807) is 13.8 Å². The summed E-state index contributed by atoms with van der Waals surface area (Å²) in [4.78, 5) is -0.0546. The highest BCUT2D eigenvalue weighted by molar-refractivity contribution is 7.89. The summed E-state index contributed by atoms with van der Waals surface area (Å²) in [6.07, 6.45) is 0.438. The Hall–Kier alpha value is 0.150. The summed E-state index contributed by atoms with van der Waals surface area (Å²) >= 11 is 12.4. The van der Waals surface area contributed by atoms with E-state index in [4.69, 9.17) is 23.2 Å². The van der Waals surface area contributed by atoms with Crippen LogP contribution in [0.25, 0.3) is 0 Å². The number of aliphatic hydroxyl groups is 1. The fourth-order valence-corrected chi connectivity index (χ4v) is 4.27. The first-order chi connectivity index (χ1) is 7.68. The number of hydrogen-bond acceptors (Lipinski definition) is 4. The summed E-state index contributed by atoms with van der Waals surface area (Å²) < 4.78 is 26.5. The first kappa shape index (κ1) is 15.2. The molecule has 0 spiro atoms. The predicted molar refractivity (Wildman–Crippen MR) is 70.4 cm³/mol. The van der Waals surface area contributed by atoms with Crippen LogP contribution in [0.2, 0.25) is 8.67 Å². The minimum atomic E-state index is -3.73. The van der Waals surface area contributed by atoms with Crippen LogP contribution in [0.15, 0.2) is 11.0 Å². The van der Waals surface area contributed by atoms with Crippen LogP contribution in [-0.4, -0.2) is 25.7 Å². The molecule has 8 heteroatoms. The number of halogens is 2. The fraction of sp³-hybridized carbons (Fsp3) is 0.556.